The first-order valence-corrected chi connectivity index (χ1v) is 15.8. The highest BCUT2D eigenvalue weighted by atomic mass is 19.1. The summed E-state index contributed by atoms with van der Waals surface area (Å²) in [6, 6.07) is 11.2. The Labute approximate surface area is 253 Å². The van der Waals surface area contributed by atoms with Gasteiger partial charge in [0, 0.05) is 37.2 Å². The topological polar surface area (TPSA) is 95.9 Å². The van der Waals surface area contributed by atoms with E-state index in [1.807, 2.05) is 24.3 Å². The second-order valence-corrected chi connectivity index (χ2v) is 13.1. The van der Waals surface area contributed by atoms with E-state index in [9.17, 15) is 9.50 Å². The van der Waals surface area contributed by atoms with Gasteiger partial charge in [0.2, 0.25) is 5.88 Å². The van der Waals surface area contributed by atoms with Crippen LogP contribution in [0.2, 0.25) is 0 Å². The van der Waals surface area contributed by atoms with Gasteiger partial charge in [-0.2, -0.15) is 9.97 Å². The summed E-state index contributed by atoms with van der Waals surface area (Å²) in [6.45, 7) is 2.58. The van der Waals surface area contributed by atoms with Crippen molar-refractivity contribution in [2.75, 3.05) is 37.7 Å². The summed E-state index contributed by atoms with van der Waals surface area (Å²) in [6.07, 6.45) is 4.59. The number of phenolic OH excluding ortho intramolecular Hbond substituents is 1. The van der Waals surface area contributed by atoms with Crippen LogP contribution in [-0.2, 0) is 0 Å². The third kappa shape index (κ3) is 4.05. The van der Waals surface area contributed by atoms with Crippen LogP contribution in [0.5, 0.6) is 17.6 Å². The minimum absolute atomic E-state index is 0.0118. The van der Waals surface area contributed by atoms with Gasteiger partial charge in [0.1, 0.15) is 47.5 Å². The highest BCUT2D eigenvalue weighted by Crippen LogP contribution is 2.45. The van der Waals surface area contributed by atoms with E-state index in [1.165, 1.54) is 6.07 Å². The van der Waals surface area contributed by atoms with Crippen LogP contribution >= 0.6 is 0 Å². The number of hydrogen-bond acceptors (Lipinski definition) is 9. The summed E-state index contributed by atoms with van der Waals surface area (Å²) < 4.78 is 44.1. The zero-order chi connectivity index (χ0) is 29.6. The van der Waals surface area contributed by atoms with Gasteiger partial charge < -0.3 is 24.8 Å². The molecule has 5 aliphatic heterocycles. The molecule has 7 heterocycles. The third-order valence-electron chi connectivity index (χ3n) is 10.5. The Morgan fingerprint density at radius 1 is 1.11 bits per heavy atom. The quantitative estimate of drug-likeness (QED) is 0.345. The third-order valence-corrected chi connectivity index (χ3v) is 10.5. The van der Waals surface area contributed by atoms with Crippen molar-refractivity contribution in [1.29, 1.82) is 0 Å². The van der Waals surface area contributed by atoms with Crippen molar-refractivity contribution in [2.45, 2.75) is 68.4 Å². The van der Waals surface area contributed by atoms with Gasteiger partial charge in [0.05, 0.1) is 11.6 Å². The number of rotatable bonds is 4. The Hall–Kier alpha value is -3.83. The number of nitrogens with one attached hydrogen (secondary N) is 1. The van der Waals surface area contributed by atoms with Gasteiger partial charge in [-0.25, -0.2) is 13.8 Å². The highest BCUT2D eigenvalue weighted by Gasteiger charge is 2.49. The smallest absolute Gasteiger partial charge is 0.319 e. The van der Waals surface area contributed by atoms with Crippen molar-refractivity contribution in [2.24, 2.45) is 0 Å². The van der Waals surface area contributed by atoms with Crippen LogP contribution in [0.4, 0.5) is 14.6 Å². The van der Waals surface area contributed by atoms with Crippen molar-refractivity contribution >= 4 is 27.5 Å². The molecule has 0 radical (unpaired) electrons. The lowest BCUT2D eigenvalue weighted by Gasteiger charge is -2.48. The fourth-order valence-corrected chi connectivity index (χ4v) is 8.50. The lowest BCUT2D eigenvalue weighted by molar-refractivity contribution is 0.107. The molecule has 2 bridgehead atoms. The van der Waals surface area contributed by atoms with Crippen LogP contribution in [0.1, 0.15) is 38.5 Å². The van der Waals surface area contributed by atoms with Crippen molar-refractivity contribution in [3.05, 3.63) is 42.2 Å². The molecule has 4 fully saturated rings. The number of anilines is 1. The summed E-state index contributed by atoms with van der Waals surface area (Å²) in [4.78, 5) is 18.8. The van der Waals surface area contributed by atoms with Crippen molar-refractivity contribution in [3.8, 4) is 28.9 Å². The van der Waals surface area contributed by atoms with E-state index in [2.05, 4.69) is 20.1 Å². The fraction of sp³-hybridized carbons (Fsp3) is 0.485. The van der Waals surface area contributed by atoms with E-state index in [0.29, 0.717) is 48.9 Å². The molecule has 228 valence electrons. The molecule has 5 aliphatic rings. The zero-order valence-electron chi connectivity index (χ0n) is 24.3. The second kappa shape index (κ2) is 9.84. The normalized spacial score (nSPS) is 29.4. The van der Waals surface area contributed by atoms with Gasteiger partial charge in [-0.3, -0.25) is 4.90 Å². The van der Waals surface area contributed by atoms with Gasteiger partial charge in [0.15, 0.2) is 5.82 Å². The number of fused-ring (bicyclic) bond motifs is 7. The van der Waals surface area contributed by atoms with Gasteiger partial charge in [-0.1, -0.05) is 30.7 Å². The molecule has 0 amide bonds. The summed E-state index contributed by atoms with van der Waals surface area (Å²) >= 11 is 0. The molecule has 9 rings (SSSR count). The lowest BCUT2D eigenvalue weighted by atomic mass is 9.88. The Balaban J connectivity index is 1.22. The van der Waals surface area contributed by atoms with Gasteiger partial charge in [-0.05, 0) is 55.1 Å². The molecule has 44 heavy (non-hydrogen) atoms. The Kier molecular flexibility index (Phi) is 5.94. The standard InChI is InChI=1S/C33H34F2N6O3/c34-19-13-33(9-4-10-40(33)14-19)17-44-32-38-29-26-30(39-32)41-15-20-6-3-8-24(36-20)25(41)16-43-31(26)37-28(27(29)35)23-12-21(42)11-18-5-1-2-7-22(18)23/h1-2,5,7,11-12,19-20,24-25,36,42H,3-4,6,8-10,13-17H2/t19-,20?,24-,25+,33+/m1/s1. The summed E-state index contributed by atoms with van der Waals surface area (Å²) in [5.74, 6) is 0.217. The van der Waals surface area contributed by atoms with Crippen LogP contribution in [0, 0.1) is 5.82 Å². The summed E-state index contributed by atoms with van der Waals surface area (Å²) in [5.41, 5.74) is 0.167. The predicted octanol–water partition coefficient (Wildman–Crippen LogP) is 4.74. The summed E-state index contributed by atoms with van der Waals surface area (Å²) in [7, 11) is 0. The first-order chi connectivity index (χ1) is 21.5. The van der Waals surface area contributed by atoms with E-state index in [1.54, 1.807) is 6.07 Å². The average Bonchev–Trinajstić information content (AvgIpc) is 3.50. The fourth-order valence-electron chi connectivity index (χ4n) is 8.50. The van der Waals surface area contributed by atoms with E-state index >= 15 is 4.39 Å². The van der Waals surface area contributed by atoms with Crippen LogP contribution in [-0.4, -0.2) is 87.6 Å². The number of piperazine rings is 1. The summed E-state index contributed by atoms with van der Waals surface area (Å²) in [5, 5.41) is 16.3. The molecule has 4 saturated heterocycles. The van der Waals surface area contributed by atoms with Crippen LogP contribution in [0.15, 0.2) is 36.4 Å². The maximum absolute atomic E-state index is 16.9. The molecule has 1 unspecified atom stereocenters. The Morgan fingerprint density at radius 3 is 2.95 bits per heavy atom. The first kappa shape index (κ1) is 26.6. The molecule has 2 N–H and O–H groups in total. The van der Waals surface area contributed by atoms with E-state index in [0.717, 1.165) is 49.4 Å². The van der Waals surface area contributed by atoms with Gasteiger partial charge in [-0.15, -0.1) is 0 Å². The number of alkyl halides is 1. The number of aromatic hydroxyl groups is 1. The van der Waals surface area contributed by atoms with Crippen molar-refractivity contribution in [1.82, 2.24) is 25.2 Å². The largest absolute Gasteiger partial charge is 0.508 e. The Morgan fingerprint density at radius 2 is 2.02 bits per heavy atom. The number of benzene rings is 2. The van der Waals surface area contributed by atoms with Crippen LogP contribution in [0.3, 0.4) is 0 Å². The minimum Gasteiger partial charge on any atom is -0.508 e. The number of pyridine rings is 1. The second-order valence-electron chi connectivity index (χ2n) is 13.1. The van der Waals surface area contributed by atoms with Crippen molar-refractivity contribution < 1.29 is 23.4 Å². The molecule has 2 aromatic heterocycles. The predicted molar refractivity (Wildman–Crippen MR) is 162 cm³/mol. The van der Waals surface area contributed by atoms with Crippen LogP contribution in [0.25, 0.3) is 32.9 Å². The molecule has 5 atom stereocenters. The molecule has 0 aliphatic carbocycles. The SMILES string of the molecule is Oc1cc(-c2nc3c4c(nc(OC[C@@]56CCCN5C[C@H](F)C6)nc4c2F)N2CC4CCC[C@@H](N4)[C@@H]2CO3)c2ccccc2c1. The first-order valence-electron chi connectivity index (χ1n) is 15.8. The molecule has 11 heteroatoms. The highest BCUT2D eigenvalue weighted by molar-refractivity contribution is 6.02. The van der Waals surface area contributed by atoms with Gasteiger partial charge >= 0.3 is 6.01 Å². The molecule has 9 nitrogen and oxygen atoms in total. The van der Waals surface area contributed by atoms with Crippen molar-refractivity contribution in [3.63, 3.8) is 0 Å². The monoisotopic (exact) mass is 600 g/mol. The lowest BCUT2D eigenvalue weighted by Crippen LogP contribution is -2.65. The van der Waals surface area contributed by atoms with Gasteiger partial charge in [0.25, 0.3) is 0 Å². The maximum Gasteiger partial charge on any atom is 0.319 e. The van der Waals surface area contributed by atoms with Crippen LogP contribution < -0.4 is 19.7 Å². The molecular formula is C33H34F2N6O3. The maximum atomic E-state index is 16.9. The average molecular weight is 601 g/mol. The molecule has 2 aromatic carbocycles. The number of aromatic nitrogens is 3. The molecule has 4 aromatic rings. The number of halogens is 2. The number of ether oxygens (including phenoxy) is 2. The van der Waals surface area contributed by atoms with E-state index in [4.69, 9.17) is 19.4 Å². The molecule has 0 saturated carbocycles. The number of phenols is 1. The molecule has 0 spiro atoms. The zero-order valence-corrected chi connectivity index (χ0v) is 24.3. The molecular weight excluding hydrogens is 566 g/mol. The van der Waals surface area contributed by atoms with E-state index in [-0.39, 0.29) is 47.5 Å². The van der Waals surface area contributed by atoms with E-state index < -0.39 is 17.5 Å². The minimum atomic E-state index is -0.884. The number of nitrogens with zero attached hydrogens (tertiary/aromatic N) is 5. The number of piperidine rings is 1. The number of hydrogen-bond donors (Lipinski definition) is 2. The Bertz CT molecular complexity index is 1810.